The number of rotatable bonds is 4. The van der Waals surface area contributed by atoms with E-state index >= 15 is 0 Å². The van der Waals surface area contributed by atoms with Crippen molar-refractivity contribution in [3.05, 3.63) is 90.5 Å². The molecule has 0 atom stereocenters. The maximum Gasteiger partial charge on any atom is 0.321 e. The highest BCUT2D eigenvalue weighted by Crippen LogP contribution is 2.35. The van der Waals surface area contributed by atoms with Crippen molar-refractivity contribution in [1.29, 1.82) is 5.26 Å². The minimum Gasteiger partial charge on any atom is -0.455 e. The number of likely N-dealkylation sites (tertiary alicyclic amines) is 1. The second-order valence-corrected chi connectivity index (χ2v) is 7.39. The molecular formula is C25H23N3O2. The Morgan fingerprint density at radius 1 is 0.900 bits per heavy atom. The topological polar surface area (TPSA) is 65.4 Å². The van der Waals surface area contributed by atoms with Crippen LogP contribution >= 0.6 is 0 Å². The largest absolute Gasteiger partial charge is 0.455 e. The van der Waals surface area contributed by atoms with Crippen LogP contribution in [-0.4, -0.2) is 24.0 Å². The third kappa shape index (κ3) is 4.13. The van der Waals surface area contributed by atoms with Gasteiger partial charge in [-0.25, -0.2) is 4.79 Å². The van der Waals surface area contributed by atoms with E-state index in [1.165, 1.54) is 0 Å². The van der Waals surface area contributed by atoms with Gasteiger partial charge in [0.1, 0.15) is 5.75 Å². The number of urea groups is 1. The Morgan fingerprint density at radius 3 is 2.17 bits per heavy atom. The number of amides is 2. The molecule has 0 radical (unpaired) electrons. The number of hydrogen-bond acceptors (Lipinski definition) is 3. The highest BCUT2D eigenvalue weighted by atomic mass is 16.5. The van der Waals surface area contributed by atoms with E-state index in [2.05, 4.69) is 11.4 Å². The minimum atomic E-state index is -0.535. The Kier molecular flexibility index (Phi) is 5.67. The zero-order chi connectivity index (χ0) is 20.8. The van der Waals surface area contributed by atoms with Crippen molar-refractivity contribution in [3.63, 3.8) is 0 Å². The van der Waals surface area contributed by atoms with Gasteiger partial charge in [-0.3, -0.25) is 0 Å². The van der Waals surface area contributed by atoms with Gasteiger partial charge in [0.05, 0.1) is 17.2 Å². The van der Waals surface area contributed by atoms with Crippen molar-refractivity contribution in [2.24, 2.45) is 0 Å². The van der Waals surface area contributed by atoms with E-state index in [0.717, 1.165) is 5.56 Å². The van der Waals surface area contributed by atoms with E-state index in [9.17, 15) is 10.1 Å². The van der Waals surface area contributed by atoms with Crippen LogP contribution in [0.2, 0.25) is 0 Å². The Hall–Kier alpha value is -3.78. The minimum absolute atomic E-state index is 0.182. The van der Waals surface area contributed by atoms with E-state index in [4.69, 9.17) is 4.74 Å². The van der Waals surface area contributed by atoms with Gasteiger partial charge in [0.25, 0.3) is 0 Å². The number of nitrogens with zero attached hydrogens (tertiary/aromatic N) is 2. The van der Waals surface area contributed by atoms with Crippen LogP contribution in [0.3, 0.4) is 0 Å². The Morgan fingerprint density at radius 2 is 1.50 bits per heavy atom. The number of piperidine rings is 1. The Balaban J connectivity index is 1.43. The number of carbonyl (C=O) groups is 1. The second-order valence-electron chi connectivity index (χ2n) is 7.39. The highest BCUT2D eigenvalue weighted by Gasteiger charge is 2.37. The van der Waals surface area contributed by atoms with Crippen LogP contribution in [0.15, 0.2) is 84.9 Å². The Labute approximate surface area is 176 Å². The normalized spacial score (nSPS) is 15.1. The molecule has 0 saturated carbocycles. The predicted octanol–water partition coefficient (Wildman–Crippen LogP) is 5.57. The lowest BCUT2D eigenvalue weighted by Gasteiger charge is -2.37. The van der Waals surface area contributed by atoms with Crippen molar-refractivity contribution in [2.75, 3.05) is 18.4 Å². The van der Waals surface area contributed by atoms with Gasteiger partial charge in [-0.05, 0) is 42.7 Å². The number of anilines is 1. The molecule has 0 bridgehead atoms. The molecule has 0 aromatic heterocycles. The molecule has 1 N–H and O–H groups in total. The maximum atomic E-state index is 12.9. The van der Waals surface area contributed by atoms with E-state index in [1.807, 2.05) is 84.9 Å². The summed E-state index contributed by atoms with van der Waals surface area (Å²) in [4.78, 5) is 14.6. The van der Waals surface area contributed by atoms with E-state index in [1.54, 1.807) is 4.90 Å². The van der Waals surface area contributed by atoms with Gasteiger partial charge in [0.2, 0.25) is 0 Å². The molecule has 4 rings (SSSR count). The zero-order valence-electron chi connectivity index (χ0n) is 16.6. The molecule has 0 aliphatic carbocycles. The number of nitrogens with one attached hydrogen (secondary N) is 1. The van der Waals surface area contributed by atoms with Gasteiger partial charge in [0, 0.05) is 13.1 Å². The van der Waals surface area contributed by atoms with E-state index < -0.39 is 5.41 Å². The van der Waals surface area contributed by atoms with Gasteiger partial charge in [0.15, 0.2) is 5.75 Å². The monoisotopic (exact) mass is 397 g/mol. The predicted molar refractivity (Wildman–Crippen MR) is 117 cm³/mol. The Bertz CT molecular complexity index is 1040. The average molecular weight is 397 g/mol. The maximum absolute atomic E-state index is 12.9. The summed E-state index contributed by atoms with van der Waals surface area (Å²) in [6.07, 6.45) is 1.23. The molecule has 5 heteroatoms. The number of carbonyl (C=O) groups excluding carboxylic acids is 1. The van der Waals surface area contributed by atoms with Crippen LogP contribution in [0.25, 0.3) is 0 Å². The lowest BCUT2D eigenvalue weighted by Crippen LogP contribution is -2.46. The number of hydrogen-bond donors (Lipinski definition) is 1. The van der Waals surface area contributed by atoms with Crippen molar-refractivity contribution >= 4 is 11.7 Å². The molecule has 1 aliphatic rings. The summed E-state index contributed by atoms with van der Waals surface area (Å²) in [5, 5.41) is 12.8. The van der Waals surface area contributed by atoms with Crippen LogP contribution in [0.5, 0.6) is 11.5 Å². The molecule has 2 amide bonds. The number of nitriles is 1. The third-order valence-corrected chi connectivity index (χ3v) is 5.54. The van der Waals surface area contributed by atoms with Crippen molar-refractivity contribution in [3.8, 4) is 17.6 Å². The standard InChI is InChI=1S/C25H23N3O2/c26-19-25(20-9-3-1-4-10-20)15-17-28(18-16-25)24(29)27-22-13-7-8-14-23(22)30-21-11-5-2-6-12-21/h1-14H,15-18H2,(H,27,29). The molecule has 3 aromatic carbocycles. The fourth-order valence-corrected chi connectivity index (χ4v) is 3.78. The molecule has 5 nitrogen and oxygen atoms in total. The summed E-state index contributed by atoms with van der Waals surface area (Å²) in [6, 6.07) is 29.0. The van der Waals surface area contributed by atoms with Gasteiger partial charge in [-0.15, -0.1) is 0 Å². The lowest BCUT2D eigenvalue weighted by atomic mass is 9.74. The lowest BCUT2D eigenvalue weighted by molar-refractivity contribution is 0.183. The molecule has 0 spiro atoms. The third-order valence-electron chi connectivity index (χ3n) is 5.54. The van der Waals surface area contributed by atoms with Crippen LogP contribution in [0.4, 0.5) is 10.5 Å². The van der Waals surface area contributed by atoms with E-state index in [0.29, 0.717) is 43.1 Å². The van der Waals surface area contributed by atoms with Crippen LogP contribution in [-0.2, 0) is 5.41 Å². The van der Waals surface area contributed by atoms with Gasteiger partial charge in [-0.1, -0.05) is 60.7 Å². The van der Waals surface area contributed by atoms with Crippen molar-refractivity contribution in [2.45, 2.75) is 18.3 Å². The van der Waals surface area contributed by atoms with Crippen molar-refractivity contribution < 1.29 is 9.53 Å². The molecule has 0 unspecified atom stereocenters. The first-order valence-electron chi connectivity index (χ1n) is 10.0. The molecule has 3 aromatic rings. The number of para-hydroxylation sites is 3. The van der Waals surface area contributed by atoms with E-state index in [-0.39, 0.29) is 6.03 Å². The fraction of sp³-hybridized carbons (Fsp3) is 0.200. The average Bonchev–Trinajstić information content (AvgIpc) is 2.81. The van der Waals surface area contributed by atoms with Gasteiger partial charge in [-0.2, -0.15) is 5.26 Å². The summed E-state index contributed by atoms with van der Waals surface area (Å²) in [7, 11) is 0. The van der Waals surface area contributed by atoms with Crippen LogP contribution < -0.4 is 10.1 Å². The molecule has 1 fully saturated rings. The second kappa shape index (κ2) is 8.71. The first-order valence-corrected chi connectivity index (χ1v) is 10.0. The summed E-state index contributed by atoms with van der Waals surface area (Å²) < 4.78 is 5.93. The van der Waals surface area contributed by atoms with Crippen molar-refractivity contribution in [1.82, 2.24) is 4.90 Å². The molecule has 1 aliphatic heterocycles. The van der Waals surface area contributed by atoms with Gasteiger partial charge < -0.3 is 15.0 Å². The smallest absolute Gasteiger partial charge is 0.321 e. The molecule has 1 saturated heterocycles. The number of ether oxygens (including phenoxy) is 1. The van der Waals surface area contributed by atoms with Gasteiger partial charge >= 0.3 is 6.03 Å². The summed E-state index contributed by atoms with van der Waals surface area (Å²) in [6.45, 7) is 1.05. The molecule has 1 heterocycles. The first-order chi connectivity index (χ1) is 14.7. The number of benzene rings is 3. The summed E-state index contributed by atoms with van der Waals surface area (Å²) >= 11 is 0. The quantitative estimate of drug-likeness (QED) is 0.626. The summed E-state index contributed by atoms with van der Waals surface area (Å²) in [5.41, 5.74) is 1.10. The molecule has 150 valence electrons. The first kappa shape index (κ1) is 19.5. The summed E-state index contributed by atoms with van der Waals surface area (Å²) in [5.74, 6) is 1.29. The fourth-order valence-electron chi connectivity index (χ4n) is 3.78. The zero-order valence-corrected chi connectivity index (χ0v) is 16.6. The molecular weight excluding hydrogens is 374 g/mol. The van der Waals surface area contributed by atoms with Crippen LogP contribution in [0.1, 0.15) is 18.4 Å². The molecule has 30 heavy (non-hydrogen) atoms. The van der Waals surface area contributed by atoms with Crippen LogP contribution in [0, 0.1) is 11.3 Å². The highest BCUT2D eigenvalue weighted by molar-refractivity contribution is 5.91. The SMILES string of the molecule is N#CC1(c2ccccc2)CCN(C(=O)Nc2ccccc2Oc2ccccc2)CC1.